The number of β-amino-alcohol motifs (C(OH)–C–C–N with tert-alkyl or cyclic N) is 1. The molecular weight excluding hydrogens is 304 g/mol. The number of hydrogen-bond donors (Lipinski definition) is 2. The summed E-state index contributed by atoms with van der Waals surface area (Å²) < 4.78 is 1.09. The highest BCUT2D eigenvalue weighted by atomic mass is 79.9. The topological polar surface area (TPSA) is 35.5 Å². The van der Waals surface area contributed by atoms with E-state index in [1.807, 2.05) is 14.0 Å². The van der Waals surface area contributed by atoms with Crippen molar-refractivity contribution in [2.24, 2.45) is 0 Å². The van der Waals surface area contributed by atoms with Gasteiger partial charge >= 0.3 is 0 Å². The molecule has 1 aliphatic rings. The quantitative estimate of drug-likeness (QED) is 0.896. The van der Waals surface area contributed by atoms with Crippen molar-refractivity contribution in [3.05, 3.63) is 28.2 Å². The molecule has 4 heteroatoms. The third-order valence-corrected chi connectivity index (χ3v) is 4.40. The summed E-state index contributed by atoms with van der Waals surface area (Å²) in [5.41, 5.74) is 1.92. The van der Waals surface area contributed by atoms with Crippen molar-refractivity contribution in [1.82, 2.24) is 5.32 Å². The molecule has 2 unspecified atom stereocenters. The molecule has 1 heterocycles. The van der Waals surface area contributed by atoms with Crippen molar-refractivity contribution >= 4 is 21.6 Å². The maximum absolute atomic E-state index is 10.3. The van der Waals surface area contributed by atoms with Crippen LogP contribution in [0.15, 0.2) is 22.7 Å². The van der Waals surface area contributed by atoms with E-state index < -0.39 is 5.60 Å². The van der Waals surface area contributed by atoms with Gasteiger partial charge in [-0.2, -0.15) is 0 Å². The normalized spacial score (nSPS) is 25.4. The fourth-order valence-electron chi connectivity index (χ4n) is 2.74. The van der Waals surface area contributed by atoms with Crippen molar-refractivity contribution < 1.29 is 5.11 Å². The maximum atomic E-state index is 10.3. The molecule has 1 aromatic carbocycles. The van der Waals surface area contributed by atoms with Crippen LogP contribution in [0.4, 0.5) is 5.69 Å². The van der Waals surface area contributed by atoms with Crippen LogP contribution in [-0.2, 0) is 0 Å². The minimum atomic E-state index is -0.578. The third kappa shape index (κ3) is 3.50. The fraction of sp³-hybridized carbons (Fsp3) is 0.600. The SMILES string of the molecule is CNC(C)c1cc(Br)ccc1N1CCCC(C)(O)C1. The standard InChI is InChI=1S/C15H23BrN2O/c1-11(17-3)13-9-12(16)5-6-14(13)18-8-4-7-15(2,19)10-18/h5-6,9,11,17,19H,4,7-8,10H2,1-3H3. The zero-order valence-electron chi connectivity index (χ0n) is 11.9. The molecular formula is C15H23BrN2O. The van der Waals surface area contributed by atoms with Gasteiger partial charge in [0.05, 0.1) is 5.60 Å². The Hall–Kier alpha value is -0.580. The summed E-state index contributed by atoms with van der Waals surface area (Å²) in [6.07, 6.45) is 1.92. The van der Waals surface area contributed by atoms with Gasteiger partial charge in [0, 0.05) is 29.3 Å². The Kier molecular flexibility index (Phi) is 4.54. The van der Waals surface area contributed by atoms with E-state index in [1.165, 1.54) is 11.3 Å². The van der Waals surface area contributed by atoms with E-state index >= 15 is 0 Å². The molecule has 0 amide bonds. The number of benzene rings is 1. The van der Waals surface area contributed by atoms with Gasteiger partial charge in [0.1, 0.15) is 0 Å². The third-order valence-electron chi connectivity index (χ3n) is 3.90. The lowest BCUT2D eigenvalue weighted by atomic mass is 9.93. The molecule has 0 aliphatic carbocycles. The first-order chi connectivity index (χ1) is 8.93. The average Bonchev–Trinajstić information content (AvgIpc) is 2.36. The molecule has 1 fully saturated rings. The second-order valence-electron chi connectivity index (χ2n) is 5.74. The van der Waals surface area contributed by atoms with Crippen LogP contribution in [0.25, 0.3) is 0 Å². The second kappa shape index (κ2) is 5.81. The average molecular weight is 327 g/mol. The molecule has 1 aromatic rings. The number of hydrogen-bond acceptors (Lipinski definition) is 3. The Bertz CT molecular complexity index is 448. The van der Waals surface area contributed by atoms with Crippen LogP contribution in [-0.4, -0.2) is 30.8 Å². The van der Waals surface area contributed by atoms with E-state index in [4.69, 9.17) is 0 Å². The van der Waals surface area contributed by atoms with Crippen molar-refractivity contribution in [1.29, 1.82) is 0 Å². The highest BCUT2D eigenvalue weighted by molar-refractivity contribution is 9.10. The van der Waals surface area contributed by atoms with Gasteiger partial charge in [-0.05, 0) is 57.5 Å². The number of nitrogens with zero attached hydrogens (tertiary/aromatic N) is 1. The predicted molar refractivity (Wildman–Crippen MR) is 83.7 cm³/mol. The Balaban J connectivity index is 2.33. The summed E-state index contributed by atoms with van der Waals surface area (Å²) in [4.78, 5) is 2.30. The van der Waals surface area contributed by atoms with Crippen LogP contribution in [0.5, 0.6) is 0 Å². The summed E-state index contributed by atoms with van der Waals surface area (Å²) in [6, 6.07) is 6.68. The summed E-state index contributed by atoms with van der Waals surface area (Å²) in [5.74, 6) is 0. The Morgan fingerprint density at radius 3 is 2.84 bits per heavy atom. The molecule has 1 aliphatic heterocycles. The van der Waals surface area contributed by atoms with Gasteiger partial charge in [0.2, 0.25) is 0 Å². The molecule has 0 aromatic heterocycles. The lowest BCUT2D eigenvalue weighted by molar-refractivity contribution is 0.0448. The van der Waals surface area contributed by atoms with Gasteiger partial charge in [0.25, 0.3) is 0 Å². The second-order valence-corrected chi connectivity index (χ2v) is 6.65. The molecule has 0 saturated carbocycles. The van der Waals surface area contributed by atoms with Gasteiger partial charge in [-0.25, -0.2) is 0 Å². The molecule has 1 saturated heterocycles. The van der Waals surface area contributed by atoms with E-state index in [0.717, 1.165) is 23.9 Å². The van der Waals surface area contributed by atoms with E-state index in [9.17, 15) is 5.11 Å². The minimum Gasteiger partial charge on any atom is -0.388 e. The van der Waals surface area contributed by atoms with Crippen LogP contribution in [0.2, 0.25) is 0 Å². The number of piperidine rings is 1. The number of aliphatic hydroxyl groups is 1. The van der Waals surface area contributed by atoms with Crippen LogP contribution in [0.3, 0.4) is 0 Å². The molecule has 2 atom stereocenters. The molecule has 2 N–H and O–H groups in total. The number of nitrogens with one attached hydrogen (secondary N) is 1. The monoisotopic (exact) mass is 326 g/mol. The van der Waals surface area contributed by atoms with Gasteiger partial charge in [-0.15, -0.1) is 0 Å². The first kappa shape index (κ1) is 14.8. The van der Waals surface area contributed by atoms with Crippen molar-refractivity contribution in [3.63, 3.8) is 0 Å². The summed E-state index contributed by atoms with van der Waals surface area (Å²) in [7, 11) is 1.97. The Morgan fingerprint density at radius 1 is 1.47 bits per heavy atom. The molecule has 0 bridgehead atoms. The van der Waals surface area contributed by atoms with Gasteiger partial charge in [0.15, 0.2) is 0 Å². The first-order valence-corrected chi connectivity index (χ1v) is 7.66. The lowest BCUT2D eigenvalue weighted by Gasteiger charge is -2.39. The van der Waals surface area contributed by atoms with Crippen LogP contribution in [0, 0.1) is 0 Å². The van der Waals surface area contributed by atoms with Crippen molar-refractivity contribution in [3.8, 4) is 0 Å². The van der Waals surface area contributed by atoms with Gasteiger partial charge in [-0.3, -0.25) is 0 Å². The molecule has 2 rings (SSSR count). The summed E-state index contributed by atoms with van der Waals surface area (Å²) in [6.45, 7) is 5.81. The maximum Gasteiger partial charge on any atom is 0.0794 e. The molecule has 19 heavy (non-hydrogen) atoms. The highest BCUT2D eigenvalue weighted by Gasteiger charge is 2.29. The van der Waals surface area contributed by atoms with Gasteiger partial charge in [-0.1, -0.05) is 15.9 Å². The van der Waals surface area contributed by atoms with E-state index in [2.05, 4.69) is 51.3 Å². The smallest absolute Gasteiger partial charge is 0.0794 e. The van der Waals surface area contributed by atoms with E-state index in [-0.39, 0.29) is 0 Å². The van der Waals surface area contributed by atoms with Crippen molar-refractivity contribution in [2.75, 3.05) is 25.0 Å². The summed E-state index contributed by atoms with van der Waals surface area (Å²) in [5, 5.41) is 13.6. The zero-order chi connectivity index (χ0) is 14.0. The van der Waals surface area contributed by atoms with E-state index in [0.29, 0.717) is 12.6 Å². The largest absolute Gasteiger partial charge is 0.388 e. The van der Waals surface area contributed by atoms with Crippen molar-refractivity contribution in [2.45, 2.75) is 38.3 Å². The van der Waals surface area contributed by atoms with Crippen LogP contribution >= 0.6 is 15.9 Å². The Labute approximate surface area is 124 Å². The predicted octanol–water partition coefficient (Wildman–Crippen LogP) is 3.08. The molecule has 3 nitrogen and oxygen atoms in total. The molecule has 106 valence electrons. The zero-order valence-corrected chi connectivity index (χ0v) is 13.5. The first-order valence-electron chi connectivity index (χ1n) is 6.87. The summed E-state index contributed by atoms with van der Waals surface area (Å²) >= 11 is 3.54. The van der Waals surface area contributed by atoms with Crippen LogP contribution < -0.4 is 10.2 Å². The highest BCUT2D eigenvalue weighted by Crippen LogP contribution is 2.33. The minimum absolute atomic E-state index is 0.291. The van der Waals surface area contributed by atoms with Crippen LogP contribution in [0.1, 0.15) is 38.3 Å². The van der Waals surface area contributed by atoms with E-state index in [1.54, 1.807) is 0 Å². The number of halogens is 1. The lowest BCUT2D eigenvalue weighted by Crippen LogP contribution is -2.46. The number of anilines is 1. The van der Waals surface area contributed by atoms with Gasteiger partial charge < -0.3 is 15.3 Å². The fourth-order valence-corrected chi connectivity index (χ4v) is 3.12. The Morgan fingerprint density at radius 2 is 2.21 bits per heavy atom. The number of rotatable bonds is 3. The molecule has 0 radical (unpaired) electrons. The molecule has 0 spiro atoms.